The number of carbonyl (C=O) groups excluding carboxylic acids is 1. The molecular weight excluding hydrogens is 442 g/mol. The van der Waals surface area contributed by atoms with E-state index in [1.54, 1.807) is 0 Å². The summed E-state index contributed by atoms with van der Waals surface area (Å²) in [6.07, 6.45) is 3.40. The van der Waals surface area contributed by atoms with Crippen LogP contribution in [-0.2, 0) is 14.9 Å². The van der Waals surface area contributed by atoms with Crippen LogP contribution in [0.3, 0.4) is 0 Å². The lowest BCUT2D eigenvalue weighted by molar-refractivity contribution is -0.149. The fraction of sp³-hybridized carbons (Fsp3) is 0.364. The summed E-state index contributed by atoms with van der Waals surface area (Å²) in [5.74, 6) is 0.204. The normalized spacial score (nSPS) is 14.8. The van der Waals surface area contributed by atoms with E-state index < -0.39 is 5.41 Å². The van der Waals surface area contributed by atoms with E-state index in [-0.39, 0.29) is 17.3 Å². The van der Waals surface area contributed by atoms with Crippen molar-refractivity contribution >= 4 is 5.97 Å². The number of hydrogen-bond acceptors (Lipinski definition) is 3. The number of nitrogens with zero attached hydrogens (tertiary/aromatic N) is 1. The van der Waals surface area contributed by atoms with Crippen LogP contribution in [0, 0.1) is 29.6 Å². The van der Waals surface area contributed by atoms with E-state index in [9.17, 15) is 10.1 Å². The van der Waals surface area contributed by atoms with Crippen LogP contribution < -0.4 is 0 Å². The van der Waals surface area contributed by atoms with Gasteiger partial charge in [-0.3, -0.25) is 4.79 Å². The molecule has 3 aromatic rings. The maximum absolute atomic E-state index is 12.7. The maximum atomic E-state index is 12.7. The minimum Gasteiger partial charge on any atom is -0.471 e. The molecule has 3 unspecified atom stereocenters. The Morgan fingerprint density at radius 3 is 1.89 bits per heavy atom. The van der Waals surface area contributed by atoms with Gasteiger partial charge in [-0.25, -0.2) is 0 Å². The van der Waals surface area contributed by atoms with E-state index in [0.29, 0.717) is 17.9 Å². The highest BCUT2D eigenvalue weighted by molar-refractivity contribution is 5.77. The van der Waals surface area contributed by atoms with Crippen molar-refractivity contribution < 1.29 is 9.53 Å². The van der Waals surface area contributed by atoms with Gasteiger partial charge in [0.15, 0.2) is 0 Å². The van der Waals surface area contributed by atoms with E-state index in [2.05, 4.69) is 87.5 Å². The first-order valence-corrected chi connectivity index (χ1v) is 12.8. The van der Waals surface area contributed by atoms with Gasteiger partial charge in [0, 0.05) is 5.41 Å². The smallest absolute Gasteiger partial charge is 0.280 e. The van der Waals surface area contributed by atoms with Crippen LogP contribution >= 0.6 is 0 Å². The largest absolute Gasteiger partial charge is 0.471 e. The molecule has 0 aliphatic carbocycles. The first kappa shape index (κ1) is 27.2. The van der Waals surface area contributed by atoms with E-state index in [4.69, 9.17) is 4.74 Å². The highest BCUT2D eigenvalue weighted by Crippen LogP contribution is 2.48. The number of ether oxygens (including phenoxy) is 1. The molecule has 0 saturated heterocycles. The number of hydrogen-bond donors (Lipinski definition) is 0. The standard InChI is InChI=1S/C33H38NO2/c1-6-25(2)21-33(29-13-9-7-10-14-29,30-15-11-8-12-16-30)23-28(22-32(3,4)31(35)36-5)27-19-17-26(24-34)18-20-27/h7-20,25,28H,3,6,21-23H2,1-2,4-5H3/q-1. The minimum atomic E-state index is -0.900. The van der Waals surface area contributed by atoms with E-state index in [1.807, 2.05) is 31.2 Å². The summed E-state index contributed by atoms with van der Waals surface area (Å²) in [4.78, 5) is 12.7. The van der Waals surface area contributed by atoms with Gasteiger partial charge in [0.25, 0.3) is 5.97 Å². The van der Waals surface area contributed by atoms with Crippen LogP contribution in [0.15, 0.2) is 84.9 Å². The lowest BCUT2D eigenvalue weighted by Gasteiger charge is -2.42. The molecule has 3 atom stereocenters. The van der Waals surface area contributed by atoms with Gasteiger partial charge in [-0.05, 0) is 53.5 Å². The molecule has 188 valence electrons. The summed E-state index contributed by atoms with van der Waals surface area (Å²) in [6.45, 7) is 10.7. The first-order valence-electron chi connectivity index (χ1n) is 12.8. The minimum absolute atomic E-state index is 0.0174. The molecule has 0 radical (unpaired) electrons. The second-order valence-electron chi connectivity index (χ2n) is 10.4. The summed E-state index contributed by atoms with van der Waals surface area (Å²) in [7, 11) is 1.42. The van der Waals surface area contributed by atoms with E-state index >= 15 is 0 Å². The summed E-state index contributed by atoms with van der Waals surface area (Å²) >= 11 is 0. The lowest BCUT2D eigenvalue weighted by atomic mass is 9.62. The van der Waals surface area contributed by atoms with Gasteiger partial charge in [0.05, 0.1) is 18.7 Å². The molecule has 3 nitrogen and oxygen atoms in total. The number of rotatable bonds is 11. The molecule has 0 amide bonds. The number of carbonyl (C=O) groups is 1. The molecule has 0 fully saturated rings. The Bertz CT molecular complexity index is 1100. The van der Waals surface area contributed by atoms with Crippen molar-refractivity contribution in [1.82, 2.24) is 0 Å². The zero-order chi connectivity index (χ0) is 26.2. The molecule has 3 heteroatoms. The second kappa shape index (κ2) is 12.0. The average molecular weight is 481 g/mol. The van der Waals surface area contributed by atoms with Crippen LogP contribution in [0.5, 0.6) is 0 Å². The van der Waals surface area contributed by atoms with Crippen molar-refractivity contribution in [3.8, 4) is 6.07 Å². The first-order chi connectivity index (χ1) is 17.3. The zero-order valence-corrected chi connectivity index (χ0v) is 22.0. The van der Waals surface area contributed by atoms with Crippen molar-refractivity contribution in [2.45, 2.75) is 57.8 Å². The molecule has 0 heterocycles. The lowest BCUT2D eigenvalue weighted by Crippen LogP contribution is -2.35. The van der Waals surface area contributed by atoms with Gasteiger partial charge >= 0.3 is 0 Å². The van der Waals surface area contributed by atoms with Crippen molar-refractivity contribution in [2.24, 2.45) is 11.3 Å². The molecule has 0 bridgehead atoms. The van der Waals surface area contributed by atoms with Crippen molar-refractivity contribution in [2.75, 3.05) is 7.11 Å². The van der Waals surface area contributed by atoms with Gasteiger partial charge in [0.2, 0.25) is 0 Å². The third-order valence-electron chi connectivity index (χ3n) is 7.53. The number of esters is 1. The van der Waals surface area contributed by atoms with Crippen LogP contribution in [0.2, 0.25) is 0 Å². The summed E-state index contributed by atoms with van der Waals surface area (Å²) in [6, 6.07) is 31.5. The molecule has 0 N–H and O–H groups in total. The third-order valence-corrected chi connectivity index (χ3v) is 7.53. The van der Waals surface area contributed by atoms with Crippen molar-refractivity contribution in [1.29, 1.82) is 5.26 Å². The molecule has 0 saturated carbocycles. The maximum Gasteiger partial charge on any atom is 0.280 e. The molecule has 0 aliphatic heterocycles. The van der Waals surface area contributed by atoms with Gasteiger partial charge in [-0.1, -0.05) is 112 Å². The summed E-state index contributed by atoms with van der Waals surface area (Å²) in [5, 5.41) is 9.35. The Kier molecular flexibility index (Phi) is 9.10. The van der Waals surface area contributed by atoms with Gasteiger partial charge in [0.1, 0.15) is 0 Å². The summed E-state index contributed by atoms with van der Waals surface area (Å²) < 4.78 is 5.13. The highest BCUT2D eigenvalue weighted by Gasteiger charge is 2.39. The van der Waals surface area contributed by atoms with Crippen LogP contribution in [0.1, 0.15) is 74.6 Å². The van der Waals surface area contributed by atoms with Gasteiger partial charge in [-0.15, -0.1) is 0 Å². The topological polar surface area (TPSA) is 50.1 Å². The Hall–Kier alpha value is -3.38. The highest BCUT2D eigenvalue weighted by atomic mass is 16.5. The fourth-order valence-corrected chi connectivity index (χ4v) is 5.41. The van der Waals surface area contributed by atoms with Crippen molar-refractivity contribution in [3.05, 3.63) is 114 Å². The SMILES string of the molecule is [CH2-]C(C)(CC(CC(CC(C)CC)(c1ccccc1)c1ccccc1)c1ccc(C#N)cc1)C(=O)OC. The number of nitriles is 1. The average Bonchev–Trinajstić information content (AvgIpc) is 2.92. The third kappa shape index (κ3) is 6.24. The molecular formula is C33H38NO2-. The Morgan fingerprint density at radius 1 is 0.917 bits per heavy atom. The molecule has 3 rings (SSSR count). The van der Waals surface area contributed by atoms with Gasteiger partial charge in [-0.2, -0.15) is 5.26 Å². The Labute approximate surface area is 217 Å². The molecule has 0 aromatic heterocycles. The number of benzene rings is 3. The van der Waals surface area contributed by atoms with Crippen LogP contribution in [0.25, 0.3) is 0 Å². The predicted molar refractivity (Wildman–Crippen MR) is 146 cm³/mol. The molecule has 36 heavy (non-hydrogen) atoms. The zero-order valence-electron chi connectivity index (χ0n) is 22.0. The monoisotopic (exact) mass is 480 g/mol. The Morgan fingerprint density at radius 2 is 1.44 bits per heavy atom. The van der Waals surface area contributed by atoms with E-state index in [1.165, 1.54) is 18.2 Å². The van der Waals surface area contributed by atoms with E-state index in [0.717, 1.165) is 24.8 Å². The molecule has 3 aromatic carbocycles. The number of methoxy groups -OCH3 is 1. The van der Waals surface area contributed by atoms with Crippen LogP contribution in [-0.4, -0.2) is 13.1 Å². The Balaban J connectivity index is 2.21. The van der Waals surface area contributed by atoms with Crippen LogP contribution in [0.4, 0.5) is 0 Å². The quantitative estimate of drug-likeness (QED) is 0.207. The fourth-order valence-electron chi connectivity index (χ4n) is 5.41. The van der Waals surface area contributed by atoms with Gasteiger partial charge < -0.3 is 11.7 Å². The summed E-state index contributed by atoms with van der Waals surface area (Å²) in [5.41, 5.74) is 3.12. The predicted octanol–water partition coefficient (Wildman–Crippen LogP) is 7.86. The second-order valence-corrected chi connectivity index (χ2v) is 10.4. The van der Waals surface area contributed by atoms with Crippen molar-refractivity contribution in [3.63, 3.8) is 0 Å². The molecule has 0 aliphatic rings. The molecule has 0 spiro atoms.